The molecule has 1 aliphatic heterocycles. The standard InChI is InChI=1S/C24H23ClN4O2/c1-15-13-26-29(14-15)22-23(30)19-11-18(20(25)12-21(19)27-24(22)31)16-5-7-17(8-6-16)28-9-3-2-4-10-28/h5-8,11-14H,2-4,9-10H2,1H3,(H2,27,30,31). The molecule has 7 heteroatoms. The van der Waals surface area contributed by atoms with Crippen molar-refractivity contribution in [2.75, 3.05) is 18.0 Å². The van der Waals surface area contributed by atoms with Gasteiger partial charge in [0.1, 0.15) is 0 Å². The highest BCUT2D eigenvalue weighted by molar-refractivity contribution is 6.34. The number of aromatic hydroxyl groups is 1. The number of nitrogens with zero attached hydrogens (tertiary/aromatic N) is 3. The number of hydrogen-bond acceptors (Lipinski definition) is 4. The average molecular weight is 435 g/mol. The molecule has 158 valence electrons. The molecule has 0 bridgehead atoms. The van der Waals surface area contributed by atoms with Gasteiger partial charge in [-0.3, -0.25) is 4.79 Å². The van der Waals surface area contributed by atoms with Crippen LogP contribution >= 0.6 is 11.6 Å². The molecular formula is C24H23ClN4O2. The van der Waals surface area contributed by atoms with Gasteiger partial charge in [0.05, 0.1) is 16.7 Å². The Morgan fingerprint density at radius 3 is 2.52 bits per heavy atom. The number of pyridine rings is 1. The van der Waals surface area contributed by atoms with E-state index in [1.54, 1.807) is 18.5 Å². The van der Waals surface area contributed by atoms with Crippen LogP contribution in [-0.2, 0) is 0 Å². The molecule has 1 fully saturated rings. The van der Waals surface area contributed by atoms with Gasteiger partial charge in [0.25, 0.3) is 5.56 Å². The maximum atomic E-state index is 12.6. The highest BCUT2D eigenvalue weighted by atomic mass is 35.5. The van der Waals surface area contributed by atoms with E-state index < -0.39 is 5.56 Å². The fourth-order valence-electron chi connectivity index (χ4n) is 4.26. The van der Waals surface area contributed by atoms with E-state index in [1.165, 1.54) is 29.6 Å². The van der Waals surface area contributed by atoms with Crippen LogP contribution in [0.15, 0.2) is 53.6 Å². The predicted molar refractivity (Wildman–Crippen MR) is 125 cm³/mol. The van der Waals surface area contributed by atoms with E-state index >= 15 is 0 Å². The second kappa shape index (κ2) is 7.78. The number of rotatable bonds is 3. The van der Waals surface area contributed by atoms with Gasteiger partial charge >= 0.3 is 0 Å². The quantitative estimate of drug-likeness (QED) is 0.473. The topological polar surface area (TPSA) is 74.2 Å². The minimum absolute atomic E-state index is 0.0920. The van der Waals surface area contributed by atoms with Crippen LogP contribution < -0.4 is 10.5 Å². The third kappa shape index (κ3) is 3.57. The molecule has 2 aromatic heterocycles. The van der Waals surface area contributed by atoms with E-state index in [1.807, 2.05) is 13.0 Å². The zero-order valence-corrected chi connectivity index (χ0v) is 18.0. The van der Waals surface area contributed by atoms with Gasteiger partial charge in [-0.05, 0) is 61.6 Å². The second-order valence-electron chi connectivity index (χ2n) is 8.09. The maximum Gasteiger partial charge on any atom is 0.278 e. The number of aromatic nitrogens is 3. The molecule has 3 heterocycles. The lowest BCUT2D eigenvalue weighted by Gasteiger charge is -2.28. The number of anilines is 1. The van der Waals surface area contributed by atoms with Crippen molar-refractivity contribution >= 4 is 28.2 Å². The summed E-state index contributed by atoms with van der Waals surface area (Å²) in [6, 6.07) is 11.8. The van der Waals surface area contributed by atoms with Gasteiger partial charge < -0.3 is 15.0 Å². The Balaban J connectivity index is 1.59. The summed E-state index contributed by atoms with van der Waals surface area (Å²) in [6.07, 6.45) is 7.10. The zero-order chi connectivity index (χ0) is 21.5. The van der Waals surface area contributed by atoms with Crippen LogP contribution in [0.3, 0.4) is 0 Å². The van der Waals surface area contributed by atoms with Gasteiger partial charge in [0.2, 0.25) is 0 Å². The van der Waals surface area contributed by atoms with Gasteiger partial charge in [0, 0.05) is 35.9 Å². The molecule has 31 heavy (non-hydrogen) atoms. The molecule has 1 saturated heterocycles. The molecule has 0 radical (unpaired) electrons. The van der Waals surface area contributed by atoms with Gasteiger partial charge in [-0.25, -0.2) is 4.68 Å². The zero-order valence-electron chi connectivity index (χ0n) is 17.2. The van der Waals surface area contributed by atoms with Crippen LogP contribution in [0.1, 0.15) is 24.8 Å². The summed E-state index contributed by atoms with van der Waals surface area (Å²) in [5.74, 6) is -0.121. The number of halogens is 1. The number of fused-ring (bicyclic) bond motifs is 1. The van der Waals surface area contributed by atoms with E-state index in [4.69, 9.17) is 11.6 Å². The number of piperidine rings is 1. The van der Waals surface area contributed by atoms with E-state index in [-0.39, 0.29) is 11.4 Å². The van der Waals surface area contributed by atoms with Crippen LogP contribution in [0, 0.1) is 6.92 Å². The molecule has 0 spiro atoms. The Bertz CT molecular complexity index is 1320. The summed E-state index contributed by atoms with van der Waals surface area (Å²) in [5.41, 5.74) is 4.00. The van der Waals surface area contributed by atoms with E-state index in [9.17, 15) is 9.90 Å². The van der Waals surface area contributed by atoms with Crippen molar-refractivity contribution in [3.05, 3.63) is 69.7 Å². The third-order valence-electron chi connectivity index (χ3n) is 5.89. The lowest BCUT2D eigenvalue weighted by molar-refractivity contribution is 0.475. The first kappa shape index (κ1) is 19.7. The van der Waals surface area contributed by atoms with E-state index in [0.29, 0.717) is 15.9 Å². The summed E-state index contributed by atoms with van der Waals surface area (Å²) in [7, 11) is 0. The molecule has 0 atom stereocenters. The summed E-state index contributed by atoms with van der Waals surface area (Å²) in [4.78, 5) is 17.8. The summed E-state index contributed by atoms with van der Waals surface area (Å²) < 4.78 is 1.39. The Kier molecular flexibility index (Phi) is 4.94. The Morgan fingerprint density at radius 1 is 1.10 bits per heavy atom. The first-order chi connectivity index (χ1) is 15.0. The minimum Gasteiger partial charge on any atom is -0.505 e. The van der Waals surface area contributed by atoms with E-state index in [0.717, 1.165) is 29.8 Å². The van der Waals surface area contributed by atoms with Crippen molar-refractivity contribution in [1.29, 1.82) is 0 Å². The predicted octanol–water partition coefficient (Wildman–Crippen LogP) is 5.04. The summed E-state index contributed by atoms with van der Waals surface area (Å²) in [6.45, 7) is 4.06. The number of aryl methyl sites for hydroxylation is 1. The van der Waals surface area contributed by atoms with Crippen molar-refractivity contribution in [2.24, 2.45) is 0 Å². The molecular weight excluding hydrogens is 412 g/mol. The van der Waals surface area contributed by atoms with Crippen LogP contribution in [0.5, 0.6) is 5.75 Å². The van der Waals surface area contributed by atoms with Crippen LogP contribution in [-0.4, -0.2) is 33.0 Å². The lowest BCUT2D eigenvalue weighted by atomic mass is 10.0. The minimum atomic E-state index is -0.428. The molecule has 1 aliphatic rings. The molecule has 4 aromatic rings. The molecule has 0 amide bonds. The van der Waals surface area contributed by atoms with Gasteiger partial charge in [-0.2, -0.15) is 5.10 Å². The lowest BCUT2D eigenvalue weighted by Crippen LogP contribution is -2.29. The fourth-order valence-corrected chi connectivity index (χ4v) is 4.53. The number of H-pyrrole nitrogens is 1. The van der Waals surface area contributed by atoms with Crippen LogP contribution in [0.2, 0.25) is 5.02 Å². The van der Waals surface area contributed by atoms with Crippen LogP contribution in [0.25, 0.3) is 27.7 Å². The largest absolute Gasteiger partial charge is 0.505 e. The third-order valence-corrected chi connectivity index (χ3v) is 6.20. The Labute approximate surface area is 184 Å². The Morgan fingerprint density at radius 2 is 1.84 bits per heavy atom. The first-order valence-electron chi connectivity index (χ1n) is 10.5. The molecule has 6 nitrogen and oxygen atoms in total. The highest BCUT2D eigenvalue weighted by Crippen LogP contribution is 2.36. The summed E-state index contributed by atoms with van der Waals surface area (Å²) in [5, 5.41) is 16.1. The van der Waals surface area contributed by atoms with Gasteiger partial charge in [-0.1, -0.05) is 23.7 Å². The van der Waals surface area contributed by atoms with Gasteiger partial charge in [0.15, 0.2) is 11.4 Å². The molecule has 0 aliphatic carbocycles. The normalized spacial score (nSPS) is 14.3. The smallest absolute Gasteiger partial charge is 0.278 e. The van der Waals surface area contributed by atoms with Crippen molar-refractivity contribution in [3.8, 4) is 22.6 Å². The number of nitrogens with one attached hydrogen (secondary N) is 1. The number of benzene rings is 2. The molecule has 2 aromatic carbocycles. The van der Waals surface area contributed by atoms with Crippen molar-refractivity contribution < 1.29 is 5.11 Å². The fraction of sp³-hybridized carbons (Fsp3) is 0.250. The van der Waals surface area contributed by atoms with Crippen molar-refractivity contribution in [3.63, 3.8) is 0 Å². The van der Waals surface area contributed by atoms with Crippen LogP contribution in [0.4, 0.5) is 5.69 Å². The average Bonchev–Trinajstić information content (AvgIpc) is 3.20. The van der Waals surface area contributed by atoms with Crippen molar-refractivity contribution in [1.82, 2.24) is 14.8 Å². The molecule has 5 rings (SSSR count). The van der Waals surface area contributed by atoms with E-state index in [2.05, 4.69) is 39.2 Å². The maximum absolute atomic E-state index is 12.6. The molecule has 0 saturated carbocycles. The molecule has 2 N–H and O–H groups in total. The number of aromatic amines is 1. The monoisotopic (exact) mass is 434 g/mol. The highest BCUT2D eigenvalue weighted by Gasteiger charge is 2.17. The number of hydrogen-bond donors (Lipinski definition) is 2. The second-order valence-corrected chi connectivity index (χ2v) is 8.49. The molecule has 0 unspecified atom stereocenters. The summed E-state index contributed by atoms with van der Waals surface area (Å²) >= 11 is 6.56. The Hall–Kier alpha value is -3.25. The van der Waals surface area contributed by atoms with Crippen molar-refractivity contribution in [2.45, 2.75) is 26.2 Å². The first-order valence-corrected chi connectivity index (χ1v) is 10.8. The van der Waals surface area contributed by atoms with Gasteiger partial charge in [-0.15, -0.1) is 0 Å². The SMILES string of the molecule is Cc1cnn(-c2c(O)c3cc(-c4ccc(N5CCCCC5)cc4)c(Cl)cc3[nH]c2=O)c1.